The lowest BCUT2D eigenvalue weighted by Gasteiger charge is -2.43. The molecule has 2 rings (SSSR count). The Hall–Kier alpha value is -0.570. The summed E-state index contributed by atoms with van der Waals surface area (Å²) in [6.07, 6.45) is 2.55. The van der Waals surface area contributed by atoms with Crippen LogP contribution in [0.5, 0.6) is 0 Å². The van der Waals surface area contributed by atoms with Gasteiger partial charge < -0.3 is 5.11 Å². The average molecular weight is 225 g/mol. The van der Waals surface area contributed by atoms with Gasteiger partial charge in [-0.05, 0) is 30.6 Å². The highest BCUT2D eigenvalue weighted by atomic mass is 16.4. The number of hydrogen-bond donors (Lipinski definition) is 1. The van der Waals surface area contributed by atoms with E-state index in [1.807, 2.05) is 0 Å². The van der Waals surface area contributed by atoms with E-state index < -0.39 is 5.97 Å². The van der Waals surface area contributed by atoms with E-state index >= 15 is 0 Å². The molecular formula is C13H23NO2. The fraction of sp³-hybridized carbons (Fsp3) is 0.923. The number of rotatable bonds is 3. The van der Waals surface area contributed by atoms with Gasteiger partial charge in [0.05, 0.1) is 5.92 Å². The van der Waals surface area contributed by atoms with E-state index in [2.05, 4.69) is 25.7 Å². The quantitative estimate of drug-likeness (QED) is 0.799. The lowest BCUT2D eigenvalue weighted by Crippen LogP contribution is -2.45. The summed E-state index contributed by atoms with van der Waals surface area (Å²) in [6, 6.07) is 0.666. The van der Waals surface area contributed by atoms with Crippen LogP contribution >= 0.6 is 0 Å². The van der Waals surface area contributed by atoms with Gasteiger partial charge >= 0.3 is 5.97 Å². The summed E-state index contributed by atoms with van der Waals surface area (Å²) < 4.78 is 0. The largest absolute Gasteiger partial charge is 0.481 e. The van der Waals surface area contributed by atoms with Gasteiger partial charge in [0.1, 0.15) is 0 Å². The number of aliphatic carboxylic acids is 1. The summed E-state index contributed by atoms with van der Waals surface area (Å²) in [7, 11) is 0. The second-order valence-corrected chi connectivity index (χ2v) is 6.01. The minimum Gasteiger partial charge on any atom is -0.481 e. The third-order valence-electron chi connectivity index (χ3n) is 4.57. The Balaban J connectivity index is 1.84. The average Bonchev–Trinajstić information content (AvgIpc) is 2.43. The third-order valence-corrected chi connectivity index (χ3v) is 4.57. The zero-order valence-corrected chi connectivity index (χ0v) is 10.5. The van der Waals surface area contributed by atoms with Crippen molar-refractivity contribution >= 4 is 5.97 Å². The van der Waals surface area contributed by atoms with Crippen molar-refractivity contribution in [3.63, 3.8) is 0 Å². The smallest absolute Gasteiger partial charge is 0.308 e. The van der Waals surface area contributed by atoms with Crippen molar-refractivity contribution in [2.75, 3.05) is 13.1 Å². The summed E-state index contributed by atoms with van der Waals surface area (Å²) in [5.41, 5.74) is 0. The summed E-state index contributed by atoms with van der Waals surface area (Å²) in [5, 5.41) is 9.09. The van der Waals surface area contributed by atoms with E-state index in [-0.39, 0.29) is 5.92 Å². The minimum atomic E-state index is -0.616. The second kappa shape index (κ2) is 4.36. The predicted octanol–water partition coefficient (Wildman–Crippen LogP) is 2.07. The Morgan fingerprint density at radius 1 is 1.31 bits per heavy atom. The summed E-state index contributed by atoms with van der Waals surface area (Å²) in [5.74, 6) is 1.21. The first-order chi connectivity index (χ1) is 7.49. The van der Waals surface area contributed by atoms with E-state index in [0.717, 1.165) is 24.9 Å². The molecule has 92 valence electrons. The van der Waals surface area contributed by atoms with Gasteiger partial charge in [-0.25, -0.2) is 0 Å². The summed E-state index contributed by atoms with van der Waals surface area (Å²) in [4.78, 5) is 13.4. The molecule has 1 aliphatic heterocycles. The van der Waals surface area contributed by atoms with E-state index in [4.69, 9.17) is 5.11 Å². The van der Waals surface area contributed by atoms with Crippen molar-refractivity contribution in [1.82, 2.24) is 4.90 Å². The molecule has 2 atom stereocenters. The van der Waals surface area contributed by atoms with Gasteiger partial charge in [-0.2, -0.15) is 0 Å². The fourth-order valence-electron chi connectivity index (χ4n) is 3.10. The van der Waals surface area contributed by atoms with Gasteiger partial charge in [-0.3, -0.25) is 9.69 Å². The van der Waals surface area contributed by atoms with Crippen molar-refractivity contribution < 1.29 is 9.90 Å². The van der Waals surface area contributed by atoms with Gasteiger partial charge in [0.15, 0.2) is 0 Å². The minimum absolute atomic E-state index is 0.141. The number of likely N-dealkylation sites (tertiary alicyclic amines) is 1. The van der Waals surface area contributed by atoms with E-state index in [0.29, 0.717) is 12.0 Å². The Kier molecular flexibility index (Phi) is 3.24. The standard InChI is InChI=1S/C13H23NO2/c1-8(2)10-4-11(5-10)14-6-9(3)12(7-14)13(15)16/h8-12H,4-7H2,1-3H3,(H,15,16)/t9-,10?,11?,12-/m1/s1. The molecule has 0 unspecified atom stereocenters. The molecule has 3 nitrogen and oxygen atoms in total. The Morgan fingerprint density at radius 3 is 2.38 bits per heavy atom. The first kappa shape index (κ1) is 11.9. The molecule has 0 spiro atoms. The maximum absolute atomic E-state index is 11.0. The van der Waals surface area contributed by atoms with Crippen LogP contribution in [0.15, 0.2) is 0 Å². The molecule has 1 saturated heterocycles. The highest BCUT2D eigenvalue weighted by Gasteiger charge is 2.42. The highest BCUT2D eigenvalue weighted by Crippen LogP contribution is 2.39. The molecule has 0 amide bonds. The SMILES string of the molecule is CC(C)C1CC(N2C[C@@H](C)[C@H](C(=O)O)C2)C1. The van der Waals surface area contributed by atoms with Crippen molar-refractivity contribution in [2.45, 2.75) is 39.7 Å². The lowest BCUT2D eigenvalue weighted by atomic mass is 9.73. The monoisotopic (exact) mass is 225 g/mol. The summed E-state index contributed by atoms with van der Waals surface area (Å²) in [6.45, 7) is 8.39. The Labute approximate surface area is 97.8 Å². The van der Waals surface area contributed by atoms with Crippen molar-refractivity contribution in [1.29, 1.82) is 0 Å². The molecule has 1 N–H and O–H groups in total. The first-order valence-electron chi connectivity index (χ1n) is 6.46. The zero-order chi connectivity index (χ0) is 11.9. The van der Waals surface area contributed by atoms with Gasteiger partial charge in [-0.1, -0.05) is 20.8 Å². The lowest BCUT2D eigenvalue weighted by molar-refractivity contribution is -0.142. The van der Waals surface area contributed by atoms with Crippen LogP contribution in [-0.4, -0.2) is 35.1 Å². The van der Waals surface area contributed by atoms with Crippen LogP contribution < -0.4 is 0 Å². The van der Waals surface area contributed by atoms with Crippen LogP contribution in [0.3, 0.4) is 0 Å². The van der Waals surface area contributed by atoms with Crippen molar-refractivity contribution in [3.05, 3.63) is 0 Å². The van der Waals surface area contributed by atoms with Crippen molar-refractivity contribution in [2.24, 2.45) is 23.7 Å². The molecule has 1 heterocycles. The number of carboxylic acid groups (broad SMARTS) is 1. The topological polar surface area (TPSA) is 40.5 Å². The molecule has 0 radical (unpaired) electrons. The zero-order valence-electron chi connectivity index (χ0n) is 10.5. The molecule has 1 saturated carbocycles. The molecule has 3 heteroatoms. The van der Waals surface area contributed by atoms with E-state index in [9.17, 15) is 4.79 Å². The maximum Gasteiger partial charge on any atom is 0.308 e. The molecule has 0 bridgehead atoms. The number of hydrogen-bond acceptors (Lipinski definition) is 2. The Morgan fingerprint density at radius 2 is 1.94 bits per heavy atom. The molecule has 0 aromatic carbocycles. The van der Waals surface area contributed by atoms with Crippen molar-refractivity contribution in [3.8, 4) is 0 Å². The summed E-state index contributed by atoms with van der Waals surface area (Å²) >= 11 is 0. The molecule has 0 aromatic rings. The Bertz CT molecular complexity index is 271. The fourth-order valence-corrected chi connectivity index (χ4v) is 3.10. The number of carboxylic acids is 1. The molecule has 1 aliphatic carbocycles. The third kappa shape index (κ3) is 2.10. The van der Waals surface area contributed by atoms with E-state index in [1.54, 1.807) is 0 Å². The number of nitrogens with zero attached hydrogens (tertiary/aromatic N) is 1. The predicted molar refractivity (Wildman–Crippen MR) is 63.2 cm³/mol. The van der Waals surface area contributed by atoms with Gasteiger partial charge in [0.25, 0.3) is 0 Å². The maximum atomic E-state index is 11.0. The molecular weight excluding hydrogens is 202 g/mol. The van der Waals surface area contributed by atoms with Crippen LogP contribution in [0.4, 0.5) is 0 Å². The van der Waals surface area contributed by atoms with Crippen LogP contribution in [0, 0.1) is 23.7 Å². The second-order valence-electron chi connectivity index (χ2n) is 6.01. The van der Waals surface area contributed by atoms with Crippen LogP contribution in [0.2, 0.25) is 0 Å². The first-order valence-corrected chi connectivity index (χ1v) is 6.46. The highest BCUT2D eigenvalue weighted by molar-refractivity contribution is 5.71. The number of carbonyl (C=O) groups is 1. The van der Waals surface area contributed by atoms with E-state index in [1.165, 1.54) is 12.8 Å². The van der Waals surface area contributed by atoms with Crippen LogP contribution in [0.25, 0.3) is 0 Å². The van der Waals surface area contributed by atoms with Gasteiger partial charge in [-0.15, -0.1) is 0 Å². The molecule has 0 aromatic heterocycles. The molecule has 16 heavy (non-hydrogen) atoms. The normalized spacial score (nSPS) is 40.0. The van der Waals surface area contributed by atoms with Crippen LogP contribution in [-0.2, 0) is 4.79 Å². The van der Waals surface area contributed by atoms with Gasteiger partial charge in [0.2, 0.25) is 0 Å². The van der Waals surface area contributed by atoms with Gasteiger partial charge in [0, 0.05) is 19.1 Å². The molecule has 2 fully saturated rings. The van der Waals surface area contributed by atoms with Crippen LogP contribution in [0.1, 0.15) is 33.6 Å². The molecule has 2 aliphatic rings.